The molecule has 4 nitrogen and oxygen atoms in total. The van der Waals surface area contributed by atoms with Crippen LogP contribution in [0.5, 0.6) is 5.75 Å². The van der Waals surface area contributed by atoms with E-state index in [1.807, 2.05) is 32.0 Å². The van der Waals surface area contributed by atoms with E-state index in [2.05, 4.69) is 0 Å². The zero-order valence-electron chi connectivity index (χ0n) is 16.6. The second kappa shape index (κ2) is 8.74. The van der Waals surface area contributed by atoms with Crippen LogP contribution in [0.3, 0.4) is 0 Å². The number of halogens is 1. The number of hydrogen-bond acceptors (Lipinski definition) is 3. The largest absolute Gasteiger partial charge is 0.491 e. The minimum absolute atomic E-state index is 0.0371. The summed E-state index contributed by atoms with van der Waals surface area (Å²) in [7, 11) is 0. The summed E-state index contributed by atoms with van der Waals surface area (Å²) in [5.74, 6) is 0.378. The molecule has 1 unspecified atom stereocenters. The Kier molecular flexibility index (Phi) is 6.35. The molecular formula is C23H28FNO3. The van der Waals surface area contributed by atoms with Gasteiger partial charge in [-0.3, -0.25) is 4.79 Å². The van der Waals surface area contributed by atoms with Gasteiger partial charge in [-0.2, -0.15) is 0 Å². The van der Waals surface area contributed by atoms with Crippen molar-refractivity contribution in [1.82, 2.24) is 4.90 Å². The predicted octanol–water partition coefficient (Wildman–Crippen LogP) is 3.81. The van der Waals surface area contributed by atoms with E-state index in [0.29, 0.717) is 37.9 Å². The summed E-state index contributed by atoms with van der Waals surface area (Å²) in [6.07, 6.45) is 1.94. The molecule has 3 rings (SSSR count). The molecule has 2 aromatic rings. The van der Waals surface area contributed by atoms with Crippen molar-refractivity contribution in [2.75, 3.05) is 19.7 Å². The van der Waals surface area contributed by atoms with Crippen LogP contribution in [-0.2, 0) is 11.2 Å². The van der Waals surface area contributed by atoms with Crippen molar-refractivity contribution in [3.63, 3.8) is 0 Å². The van der Waals surface area contributed by atoms with E-state index in [9.17, 15) is 14.3 Å². The van der Waals surface area contributed by atoms with Crippen LogP contribution in [0.4, 0.5) is 4.39 Å². The fourth-order valence-electron chi connectivity index (χ4n) is 3.53. The highest BCUT2D eigenvalue weighted by atomic mass is 19.1. The van der Waals surface area contributed by atoms with Gasteiger partial charge in [0.2, 0.25) is 5.91 Å². The van der Waals surface area contributed by atoms with E-state index < -0.39 is 5.60 Å². The van der Waals surface area contributed by atoms with Gasteiger partial charge >= 0.3 is 0 Å². The molecule has 0 bridgehead atoms. The molecule has 1 fully saturated rings. The molecule has 1 amide bonds. The van der Waals surface area contributed by atoms with Gasteiger partial charge in [-0.15, -0.1) is 0 Å². The van der Waals surface area contributed by atoms with Crippen molar-refractivity contribution < 1.29 is 19.0 Å². The Bertz CT molecular complexity index is 838. The fraction of sp³-hybridized carbons (Fsp3) is 0.435. The van der Waals surface area contributed by atoms with Crippen LogP contribution < -0.4 is 4.74 Å². The molecule has 1 saturated heterocycles. The summed E-state index contributed by atoms with van der Waals surface area (Å²) in [6.45, 7) is 5.36. The van der Waals surface area contributed by atoms with E-state index in [-0.39, 0.29) is 24.8 Å². The van der Waals surface area contributed by atoms with Crippen LogP contribution in [0.15, 0.2) is 42.5 Å². The summed E-state index contributed by atoms with van der Waals surface area (Å²) in [4.78, 5) is 14.3. The monoisotopic (exact) mass is 385 g/mol. The second-order valence-electron chi connectivity index (χ2n) is 7.80. The van der Waals surface area contributed by atoms with Crippen LogP contribution in [0.25, 0.3) is 0 Å². The summed E-state index contributed by atoms with van der Waals surface area (Å²) in [5, 5.41) is 10.9. The maximum Gasteiger partial charge on any atom is 0.226 e. The summed E-state index contributed by atoms with van der Waals surface area (Å²) < 4.78 is 19.2. The van der Waals surface area contributed by atoms with E-state index in [4.69, 9.17) is 4.74 Å². The van der Waals surface area contributed by atoms with Crippen molar-refractivity contribution in [3.8, 4) is 5.75 Å². The minimum Gasteiger partial charge on any atom is -0.491 e. The van der Waals surface area contributed by atoms with E-state index in [0.717, 1.165) is 11.3 Å². The Hall–Kier alpha value is -2.40. The smallest absolute Gasteiger partial charge is 0.226 e. The molecule has 2 aromatic carbocycles. The molecule has 5 heteroatoms. The number of aliphatic hydroxyl groups is 1. The SMILES string of the molecule is Cc1ccc(OCC2(O)CCCN(C(=O)Cc3cccc(F)c3)CC2)cc1C. The van der Waals surface area contributed by atoms with Crippen LogP contribution in [0.2, 0.25) is 0 Å². The van der Waals surface area contributed by atoms with E-state index in [1.54, 1.807) is 17.0 Å². The number of likely N-dealkylation sites (tertiary alicyclic amines) is 1. The van der Waals surface area contributed by atoms with Gasteiger partial charge in [0.15, 0.2) is 0 Å². The summed E-state index contributed by atoms with van der Waals surface area (Å²) in [5.41, 5.74) is 2.07. The second-order valence-corrected chi connectivity index (χ2v) is 7.80. The Morgan fingerprint density at radius 2 is 1.96 bits per heavy atom. The first-order valence-corrected chi connectivity index (χ1v) is 9.79. The third-order valence-corrected chi connectivity index (χ3v) is 5.50. The normalized spacial score (nSPS) is 19.9. The minimum atomic E-state index is -0.952. The van der Waals surface area contributed by atoms with Gasteiger partial charge < -0.3 is 14.7 Å². The topological polar surface area (TPSA) is 49.8 Å². The molecule has 1 atom stereocenters. The van der Waals surface area contributed by atoms with Gasteiger partial charge in [-0.25, -0.2) is 4.39 Å². The molecule has 28 heavy (non-hydrogen) atoms. The zero-order chi connectivity index (χ0) is 20.1. The molecule has 0 radical (unpaired) electrons. The Balaban J connectivity index is 1.55. The third kappa shape index (κ3) is 5.32. The lowest BCUT2D eigenvalue weighted by Crippen LogP contribution is -2.38. The van der Waals surface area contributed by atoms with Crippen LogP contribution in [-0.4, -0.2) is 41.2 Å². The number of carbonyl (C=O) groups excluding carboxylic acids is 1. The lowest BCUT2D eigenvalue weighted by atomic mass is 9.96. The lowest BCUT2D eigenvalue weighted by molar-refractivity contribution is -0.130. The van der Waals surface area contributed by atoms with Crippen molar-refractivity contribution >= 4 is 5.91 Å². The van der Waals surface area contributed by atoms with Gasteiger partial charge in [-0.1, -0.05) is 18.2 Å². The number of aryl methyl sites for hydroxylation is 2. The maximum absolute atomic E-state index is 13.3. The molecule has 0 aromatic heterocycles. The third-order valence-electron chi connectivity index (χ3n) is 5.50. The predicted molar refractivity (Wildman–Crippen MR) is 107 cm³/mol. The first-order chi connectivity index (χ1) is 13.3. The van der Waals surface area contributed by atoms with Crippen molar-refractivity contribution in [1.29, 1.82) is 0 Å². The highest BCUT2D eigenvalue weighted by molar-refractivity contribution is 5.78. The molecular weight excluding hydrogens is 357 g/mol. The summed E-state index contributed by atoms with van der Waals surface area (Å²) in [6, 6.07) is 12.0. The van der Waals surface area contributed by atoms with Crippen LogP contribution in [0.1, 0.15) is 36.0 Å². The molecule has 1 heterocycles. The van der Waals surface area contributed by atoms with Gasteiger partial charge in [-0.05, 0) is 74.1 Å². The van der Waals surface area contributed by atoms with E-state index >= 15 is 0 Å². The molecule has 1 aliphatic heterocycles. The number of amides is 1. The van der Waals surface area contributed by atoms with Crippen LogP contribution >= 0.6 is 0 Å². The average Bonchev–Trinajstić information content (AvgIpc) is 2.85. The summed E-state index contributed by atoms with van der Waals surface area (Å²) >= 11 is 0. The number of benzene rings is 2. The number of rotatable bonds is 5. The molecule has 0 saturated carbocycles. The molecule has 1 N–H and O–H groups in total. The first kappa shape index (κ1) is 20.3. The van der Waals surface area contributed by atoms with E-state index in [1.165, 1.54) is 17.7 Å². The highest BCUT2D eigenvalue weighted by Crippen LogP contribution is 2.25. The fourth-order valence-corrected chi connectivity index (χ4v) is 3.53. The number of ether oxygens (including phenoxy) is 1. The van der Waals surface area contributed by atoms with Crippen molar-refractivity contribution in [2.45, 2.75) is 45.1 Å². The zero-order valence-corrected chi connectivity index (χ0v) is 16.6. The van der Waals surface area contributed by atoms with Crippen molar-refractivity contribution in [3.05, 3.63) is 65.0 Å². The van der Waals surface area contributed by atoms with Gasteiger partial charge in [0.05, 0.1) is 6.42 Å². The molecule has 0 aliphatic carbocycles. The van der Waals surface area contributed by atoms with Gasteiger partial charge in [0.1, 0.15) is 23.8 Å². The lowest BCUT2D eigenvalue weighted by Gasteiger charge is -2.27. The molecule has 150 valence electrons. The number of nitrogens with zero attached hydrogens (tertiary/aromatic N) is 1. The average molecular weight is 385 g/mol. The quantitative estimate of drug-likeness (QED) is 0.852. The first-order valence-electron chi connectivity index (χ1n) is 9.79. The van der Waals surface area contributed by atoms with Crippen LogP contribution in [0, 0.1) is 19.7 Å². The number of hydrogen-bond donors (Lipinski definition) is 1. The maximum atomic E-state index is 13.3. The standard InChI is InChI=1S/C23H28FNO3/c1-17-7-8-21(13-18(17)2)28-16-23(27)9-4-11-25(12-10-23)22(26)15-19-5-3-6-20(24)14-19/h3,5-8,13-14,27H,4,9-12,15-16H2,1-2H3. The Morgan fingerprint density at radius 3 is 2.71 bits per heavy atom. The van der Waals surface area contributed by atoms with Gasteiger partial charge in [0.25, 0.3) is 0 Å². The highest BCUT2D eigenvalue weighted by Gasteiger charge is 2.32. The Morgan fingerprint density at radius 1 is 1.14 bits per heavy atom. The molecule has 0 spiro atoms. The molecule has 1 aliphatic rings. The van der Waals surface area contributed by atoms with Gasteiger partial charge in [0, 0.05) is 13.1 Å². The number of carbonyl (C=O) groups is 1. The Labute approximate surface area is 165 Å². The van der Waals surface area contributed by atoms with Crippen molar-refractivity contribution in [2.24, 2.45) is 0 Å².